The fraction of sp³-hybridized carbons (Fsp3) is 0.273. The molecule has 0 fully saturated rings. The number of carbonyl (C=O) groups is 2. The van der Waals surface area contributed by atoms with E-state index in [1.807, 2.05) is 0 Å². The van der Waals surface area contributed by atoms with E-state index in [1.165, 1.54) is 18.2 Å². The van der Waals surface area contributed by atoms with E-state index in [2.05, 4.69) is 4.74 Å². The number of alkyl halides is 1. The molecular weight excluding hydrogens is 248 g/mol. The summed E-state index contributed by atoms with van der Waals surface area (Å²) in [6.45, 7) is 0.575. The molecule has 0 aliphatic rings. The van der Waals surface area contributed by atoms with Crippen molar-refractivity contribution < 1.29 is 24.2 Å². The van der Waals surface area contributed by atoms with Crippen molar-refractivity contribution in [2.75, 3.05) is 12.5 Å². The summed E-state index contributed by atoms with van der Waals surface area (Å²) in [5, 5.41) is 8.81. The fourth-order valence-electron chi connectivity index (χ4n) is 1.14. The lowest BCUT2D eigenvalue weighted by atomic mass is 10.2. The third kappa shape index (κ3) is 3.96. The first kappa shape index (κ1) is 13.3. The van der Waals surface area contributed by atoms with Gasteiger partial charge in [0, 0.05) is 5.88 Å². The van der Waals surface area contributed by atoms with Crippen molar-refractivity contribution in [3.05, 3.63) is 23.8 Å². The van der Waals surface area contributed by atoms with Crippen LogP contribution in [0.3, 0.4) is 0 Å². The van der Waals surface area contributed by atoms with Gasteiger partial charge in [-0.2, -0.15) is 0 Å². The Labute approximate surface area is 103 Å². The van der Waals surface area contributed by atoms with Crippen molar-refractivity contribution in [1.82, 2.24) is 0 Å². The second kappa shape index (κ2) is 6.75. The predicted molar refractivity (Wildman–Crippen MR) is 60.9 cm³/mol. The second-order valence-electron chi connectivity index (χ2n) is 3.07. The van der Waals surface area contributed by atoms with E-state index >= 15 is 0 Å². The monoisotopic (exact) mass is 258 g/mol. The Morgan fingerprint density at radius 3 is 2.76 bits per heavy atom. The summed E-state index contributed by atoms with van der Waals surface area (Å²) in [6.07, 6.45) is 0.610. The van der Waals surface area contributed by atoms with Crippen LogP contribution in [-0.2, 0) is 4.79 Å². The molecule has 0 aliphatic heterocycles. The molecule has 0 saturated heterocycles. The number of benzene rings is 1. The van der Waals surface area contributed by atoms with Crippen molar-refractivity contribution in [3.8, 4) is 11.5 Å². The third-order valence-electron chi connectivity index (χ3n) is 1.90. The number of aromatic carboxylic acids is 1. The SMILES string of the molecule is O=COc1ccc(C(=O)O)cc1OCCCCl. The van der Waals surface area contributed by atoms with Crippen LogP contribution in [-0.4, -0.2) is 30.0 Å². The Morgan fingerprint density at radius 1 is 1.41 bits per heavy atom. The largest absolute Gasteiger partial charge is 0.490 e. The molecule has 1 N–H and O–H groups in total. The number of hydrogen-bond donors (Lipinski definition) is 1. The molecule has 6 heteroatoms. The van der Waals surface area contributed by atoms with Gasteiger partial charge in [0.05, 0.1) is 12.2 Å². The highest BCUT2D eigenvalue weighted by Gasteiger charge is 2.10. The Kier molecular flexibility index (Phi) is 5.29. The van der Waals surface area contributed by atoms with Crippen molar-refractivity contribution in [2.45, 2.75) is 6.42 Å². The second-order valence-corrected chi connectivity index (χ2v) is 3.45. The maximum Gasteiger partial charge on any atom is 0.335 e. The number of halogens is 1. The van der Waals surface area contributed by atoms with E-state index in [0.29, 0.717) is 18.9 Å². The van der Waals surface area contributed by atoms with Crippen LogP contribution in [0.2, 0.25) is 0 Å². The zero-order chi connectivity index (χ0) is 12.7. The topological polar surface area (TPSA) is 72.8 Å². The Balaban J connectivity index is 2.89. The quantitative estimate of drug-likeness (QED) is 0.460. The van der Waals surface area contributed by atoms with Crippen molar-refractivity contribution in [3.63, 3.8) is 0 Å². The molecule has 0 bridgehead atoms. The minimum Gasteiger partial charge on any atom is -0.490 e. The zero-order valence-corrected chi connectivity index (χ0v) is 9.64. The molecule has 0 heterocycles. The molecule has 5 nitrogen and oxygen atoms in total. The molecule has 17 heavy (non-hydrogen) atoms. The van der Waals surface area contributed by atoms with E-state index in [-0.39, 0.29) is 23.5 Å². The van der Waals surface area contributed by atoms with Crippen LogP contribution >= 0.6 is 11.6 Å². The van der Waals surface area contributed by atoms with E-state index < -0.39 is 5.97 Å². The van der Waals surface area contributed by atoms with Crippen LogP contribution in [0.4, 0.5) is 0 Å². The van der Waals surface area contributed by atoms with Crippen molar-refractivity contribution in [1.29, 1.82) is 0 Å². The number of hydrogen-bond acceptors (Lipinski definition) is 4. The molecule has 0 radical (unpaired) electrons. The molecule has 0 saturated carbocycles. The number of carboxylic acid groups (broad SMARTS) is 1. The molecule has 0 amide bonds. The first-order valence-corrected chi connectivity index (χ1v) is 5.39. The van der Waals surface area contributed by atoms with Crippen LogP contribution in [0.25, 0.3) is 0 Å². The molecule has 1 aromatic rings. The molecular formula is C11H11ClO5. The smallest absolute Gasteiger partial charge is 0.335 e. The number of carboxylic acids is 1. The lowest BCUT2D eigenvalue weighted by Crippen LogP contribution is -2.03. The maximum atomic E-state index is 10.8. The minimum absolute atomic E-state index is 0.0594. The first-order chi connectivity index (χ1) is 8.19. The Hall–Kier alpha value is -1.75. The first-order valence-electron chi connectivity index (χ1n) is 4.85. The van der Waals surface area contributed by atoms with Gasteiger partial charge in [-0.25, -0.2) is 4.79 Å². The number of rotatable bonds is 7. The molecule has 0 atom stereocenters. The summed E-state index contributed by atoms with van der Waals surface area (Å²) >= 11 is 5.49. The van der Waals surface area contributed by atoms with Crippen LogP contribution in [0, 0.1) is 0 Å². The van der Waals surface area contributed by atoms with Gasteiger partial charge in [-0.3, -0.25) is 4.79 Å². The number of carbonyl (C=O) groups excluding carboxylic acids is 1. The molecule has 1 aromatic carbocycles. The van der Waals surface area contributed by atoms with Crippen LogP contribution in [0.1, 0.15) is 16.8 Å². The van der Waals surface area contributed by atoms with Gasteiger partial charge in [0.1, 0.15) is 0 Å². The summed E-state index contributed by atoms with van der Waals surface area (Å²) in [6, 6.07) is 4.00. The lowest BCUT2D eigenvalue weighted by Gasteiger charge is -2.09. The van der Waals surface area contributed by atoms with Crippen LogP contribution in [0.5, 0.6) is 11.5 Å². The minimum atomic E-state index is -1.08. The molecule has 0 aromatic heterocycles. The van der Waals surface area contributed by atoms with E-state index in [9.17, 15) is 9.59 Å². The summed E-state index contributed by atoms with van der Waals surface area (Å²) in [5.74, 6) is -0.255. The van der Waals surface area contributed by atoms with Gasteiger partial charge < -0.3 is 14.6 Å². The van der Waals surface area contributed by atoms with Gasteiger partial charge in [0.2, 0.25) is 0 Å². The summed E-state index contributed by atoms with van der Waals surface area (Å²) < 4.78 is 9.96. The molecule has 0 spiro atoms. The van der Waals surface area contributed by atoms with Gasteiger partial charge >= 0.3 is 5.97 Å². The van der Waals surface area contributed by atoms with Crippen LogP contribution in [0.15, 0.2) is 18.2 Å². The fourth-order valence-corrected chi connectivity index (χ4v) is 1.25. The van der Waals surface area contributed by atoms with Crippen molar-refractivity contribution in [2.24, 2.45) is 0 Å². The molecule has 92 valence electrons. The highest BCUT2D eigenvalue weighted by Crippen LogP contribution is 2.28. The summed E-state index contributed by atoms with van der Waals surface area (Å²) in [7, 11) is 0. The molecule has 1 rings (SSSR count). The highest BCUT2D eigenvalue weighted by atomic mass is 35.5. The van der Waals surface area contributed by atoms with Gasteiger partial charge in [0.25, 0.3) is 6.47 Å². The highest BCUT2D eigenvalue weighted by molar-refractivity contribution is 6.17. The van der Waals surface area contributed by atoms with Gasteiger partial charge in [-0.15, -0.1) is 11.6 Å². The van der Waals surface area contributed by atoms with E-state index in [1.54, 1.807) is 0 Å². The maximum absolute atomic E-state index is 10.8. The van der Waals surface area contributed by atoms with Crippen LogP contribution < -0.4 is 9.47 Å². The molecule has 0 unspecified atom stereocenters. The van der Waals surface area contributed by atoms with Gasteiger partial charge in [0.15, 0.2) is 11.5 Å². The Bertz CT molecular complexity index is 405. The van der Waals surface area contributed by atoms with E-state index in [0.717, 1.165) is 0 Å². The summed E-state index contributed by atoms with van der Waals surface area (Å²) in [4.78, 5) is 21.0. The standard InChI is InChI=1S/C11H11ClO5/c12-4-1-5-16-10-6-8(11(14)15)2-3-9(10)17-7-13/h2-3,6-7H,1,4-5H2,(H,14,15). The van der Waals surface area contributed by atoms with Gasteiger partial charge in [-0.1, -0.05) is 0 Å². The average Bonchev–Trinajstić information content (AvgIpc) is 2.31. The van der Waals surface area contributed by atoms with Gasteiger partial charge in [-0.05, 0) is 24.6 Å². The zero-order valence-electron chi connectivity index (χ0n) is 8.89. The normalized spacial score (nSPS) is 9.71. The Morgan fingerprint density at radius 2 is 2.18 bits per heavy atom. The van der Waals surface area contributed by atoms with Crippen molar-refractivity contribution >= 4 is 24.0 Å². The summed E-state index contributed by atoms with van der Waals surface area (Å²) in [5.41, 5.74) is 0.0594. The van der Waals surface area contributed by atoms with E-state index in [4.69, 9.17) is 21.4 Å². The molecule has 0 aliphatic carbocycles. The third-order valence-corrected chi connectivity index (χ3v) is 2.17. The predicted octanol–water partition coefficient (Wildman–Crippen LogP) is 1.93. The average molecular weight is 259 g/mol. The lowest BCUT2D eigenvalue weighted by molar-refractivity contribution is -0.120. The number of ether oxygens (including phenoxy) is 2.